The maximum Gasteiger partial charge on any atom is -1.00 e. The Labute approximate surface area is 227 Å². The van der Waals surface area contributed by atoms with E-state index < -0.39 is 24.0 Å². The molecular weight excluding hydrogens is 525 g/mol. The summed E-state index contributed by atoms with van der Waals surface area (Å²) >= 11 is -2.26. The second kappa shape index (κ2) is 12.7. The van der Waals surface area contributed by atoms with Crippen molar-refractivity contribution in [3.63, 3.8) is 0 Å². The summed E-state index contributed by atoms with van der Waals surface area (Å²) < 4.78 is 4.03. The predicted octanol–water partition coefficient (Wildman–Crippen LogP) is -1.25. The third-order valence-electron chi connectivity index (χ3n) is 6.48. The molecule has 0 saturated heterocycles. The number of fused-ring (bicyclic) bond motifs is 3. The van der Waals surface area contributed by atoms with Gasteiger partial charge in [-0.2, -0.15) is 0 Å². The minimum absolute atomic E-state index is 0. The second-order valence-corrected chi connectivity index (χ2v) is 18.8. The number of carbonyl (C=O) groups excluding carboxylic acids is 1. The van der Waals surface area contributed by atoms with E-state index in [-0.39, 0.29) is 30.7 Å². The van der Waals surface area contributed by atoms with Crippen molar-refractivity contribution >= 4 is 22.9 Å². The molecule has 177 valence electrons. The molecule has 1 aliphatic rings. The van der Waals surface area contributed by atoms with E-state index >= 15 is 0 Å². The SMILES string of the molecule is CCCC(=O)[NH][Ti+2]([CH]1c2ccccc2-c2ccccc21)[SiH](c1ccccc1)c1ccccc1.[Cl-].[Cl-]. The van der Waals surface area contributed by atoms with Gasteiger partial charge in [0.2, 0.25) is 0 Å². The van der Waals surface area contributed by atoms with Gasteiger partial charge < -0.3 is 24.8 Å². The summed E-state index contributed by atoms with van der Waals surface area (Å²) in [5.41, 5.74) is 5.47. The van der Waals surface area contributed by atoms with Gasteiger partial charge in [0.25, 0.3) is 0 Å². The molecule has 0 aliphatic heterocycles. The Hall–Kier alpha value is -2.14. The van der Waals surface area contributed by atoms with E-state index in [1.165, 1.54) is 32.6 Å². The molecule has 0 bridgehead atoms. The number of hydrogen-bond acceptors (Lipinski definition) is 1. The fraction of sp³-hybridized carbons (Fsp3) is 0.138. The molecule has 0 spiro atoms. The van der Waals surface area contributed by atoms with Gasteiger partial charge in [0, 0.05) is 0 Å². The molecular formula is C29H28Cl2NOSiTi. The molecule has 0 unspecified atom stereocenters. The summed E-state index contributed by atoms with van der Waals surface area (Å²) in [6.45, 7) is 0.403. The van der Waals surface area contributed by atoms with Crippen LogP contribution in [0.2, 0.25) is 0 Å². The molecule has 4 aromatic carbocycles. The van der Waals surface area contributed by atoms with E-state index in [0.717, 1.165) is 6.42 Å². The molecule has 1 aliphatic carbocycles. The van der Waals surface area contributed by atoms with Crippen LogP contribution in [0.15, 0.2) is 109 Å². The maximum atomic E-state index is 13.2. The van der Waals surface area contributed by atoms with Crippen LogP contribution < -0.4 is 39.0 Å². The number of halogens is 2. The fourth-order valence-electron chi connectivity index (χ4n) is 5.09. The predicted molar refractivity (Wildman–Crippen MR) is 136 cm³/mol. The Kier molecular flexibility index (Phi) is 9.97. The van der Waals surface area contributed by atoms with E-state index in [0.29, 0.717) is 10.6 Å². The van der Waals surface area contributed by atoms with Gasteiger partial charge >= 0.3 is 204 Å². The maximum absolute atomic E-state index is 13.2. The molecule has 0 heterocycles. The standard InChI is InChI=1S/C13H9.C12H11Si.C4H9NO.2ClH.Ti/c1-3-7-12-10(5-1)9-11-6-2-4-8-13(11)12;1-3-7-11(8-4-1)13-12-9-5-2-6-10-12;1-2-3-4(5)6;;;/h1-9H;1-10,13H;2-3H2,1H3,(H2,5,6);2*1H;/q;;;;;+3/p-3. The molecule has 0 aromatic heterocycles. The topological polar surface area (TPSA) is 29.1 Å². The van der Waals surface area contributed by atoms with E-state index in [1.807, 2.05) is 0 Å². The molecule has 0 radical (unpaired) electrons. The van der Waals surface area contributed by atoms with Crippen LogP contribution in [0.25, 0.3) is 11.1 Å². The van der Waals surface area contributed by atoms with Gasteiger partial charge in [0.15, 0.2) is 0 Å². The monoisotopic (exact) mass is 552 g/mol. The Balaban J connectivity index is 0.00000171. The minimum atomic E-state index is -2.26. The van der Waals surface area contributed by atoms with Crippen molar-refractivity contribution in [2.75, 3.05) is 0 Å². The van der Waals surface area contributed by atoms with Crippen LogP contribution in [-0.2, 0) is 22.2 Å². The zero-order chi connectivity index (χ0) is 22.6. The van der Waals surface area contributed by atoms with E-state index in [4.69, 9.17) is 0 Å². The first kappa shape index (κ1) is 27.4. The smallest absolute Gasteiger partial charge is 1.00 e. The van der Waals surface area contributed by atoms with Gasteiger partial charge in [-0.05, 0) is 0 Å². The molecule has 1 N–H and O–H groups in total. The summed E-state index contributed by atoms with van der Waals surface area (Å²) in [5, 5.41) is 2.86. The number of amides is 1. The molecule has 4 aromatic rings. The Morgan fingerprint density at radius 2 is 1.14 bits per heavy atom. The number of nitrogens with one attached hydrogen (secondary N) is 1. The summed E-state index contributed by atoms with van der Waals surface area (Å²) in [6, 6.07) is 39.6. The average Bonchev–Trinajstić information content (AvgIpc) is 3.19. The van der Waals surface area contributed by atoms with Crippen LogP contribution in [0.1, 0.15) is 35.1 Å². The van der Waals surface area contributed by atoms with Crippen LogP contribution in [-0.4, -0.2) is 12.6 Å². The van der Waals surface area contributed by atoms with Gasteiger partial charge in [-0.3, -0.25) is 0 Å². The van der Waals surface area contributed by atoms with Crippen molar-refractivity contribution in [2.45, 2.75) is 24.0 Å². The van der Waals surface area contributed by atoms with Crippen molar-refractivity contribution in [3.8, 4) is 11.1 Å². The third-order valence-corrected chi connectivity index (χ3v) is 20.0. The molecule has 5 rings (SSSR count). The summed E-state index contributed by atoms with van der Waals surface area (Å²) in [7, 11) is 0. The largest absolute Gasteiger partial charge is 1.00 e. The molecule has 35 heavy (non-hydrogen) atoms. The molecule has 0 atom stereocenters. The van der Waals surface area contributed by atoms with E-state index in [1.54, 1.807) is 0 Å². The van der Waals surface area contributed by atoms with Crippen molar-refractivity contribution in [2.24, 2.45) is 0 Å². The van der Waals surface area contributed by atoms with Crippen LogP contribution >= 0.6 is 0 Å². The summed E-state index contributed by atoms with van der Waals surface area (Å²) in [6.07, 6.45) is 1.47. The van der Waals surface area contributed by atoms with Crippen molar-refractivity contribution < 1.29 is 47.0 Å². The fourth-order valence-corrected chi connectivity index (χ4v) is 20.2. The molecule has 6 heteroatoms. The number of hydrogen-bond donors (Lipinski definition) is 1. The van der Waals surface area contributed by atoms with Gasteiger partial charge in [-0.15, -0.1) is 0 Å². The summed E-state index contributed by atoms with van der Waals surface area (Å²) in [4.78, 5) is 13.2. The molecule has 0 saturated carbocycles. The first-order valence-electron chi connectivity index (χ1n) is 11.7. The minimum Gasteiger partial charge on any atom is -1.00 e. The Bertz CT molecular complexity index is 1170. The normalized spacial score (nSPS) is 11.6. The number of benzene rings is 4. The zero-order valence-corrected chi connectivity index (χ0v) is 23.9. The second-order valence-electron chi connectivity index (χ2n) is 8.62. The quantitative estimate of drug-likeness (QED) is 0.285. The van der Waals surface area contributed by atoms with Gasteiger partial charge in [-0.25, -0.2) is 0 Å². The van der Waals surface area contributed by atoms with Crippen molar-refractivity contribution in [3.05, 3.63) is 120 Å². The molecule has 1 amide bonds. The molecule has 2 nitrogen and oxygen atoms in total. The van der Waals surface area contributed by atoms with Crippen LogP contribution in [0.4, 0.5) is 0 Å². The van der Waals surface area contributed by atoms with E-state index in [9.17, 15) is 4.79 Å². The van der Waals surface area contributed by atoms with E-state index in [2.05, 4.69) is 120 Å². The number of rotatable bonds is 7. The molecule has 0 fully saturated rings. The van der Waals surface area contributed by atoms with Crippen LogP contribution in [0.3, 0.4) is 0 Å². The van der Waals surface area contributed by atoms with Crippen molar-refractivity contribution in [1.29, 1.82) is 0 Å². The van der Waals surface area contributed by atoms with Crippen molar-refractivity contribution in [1.82, 2.24) is 3.80 Å². The first-order chi connectivity index (χ1) is 16.3. The number of carbonyl (C=O) groups is 1. The Morgan fingerprint density at radius 3 is 1.60 bits per heavy atom. The van der Waals surface area contributed by atoms with Gasteiger partial charge in [0.1, 0.15) is 0 Å². The average molecular weight is 553 g/mol. The van der Waals surface area contributed by atoms with Gasteiger partial charge in [0.05, 0.1) is 0 Å². The van der Waals surface area contributed by atoms with Crippen LogP contribution in [0.5, 0.6) is 0 Å². The zero-order valence-electron chi connectivity index (χ0n) is 19.6. The van der Waals surface area contributed by atoms with Gasteiger partial charge in [-0.1, -0.05) is 0 Å². The third kappa shape index (κ3) is 5.66. The summed E-state index contributed by atoms with van der Waals surface area (Å²) in [5.74, 6) is 0.221. The first-order valence-corrected chi connectivity index (χ1v) is 17.8. The Morgan fingerprint density at radius 1 is 0.714 bits per heavy atom. The van der Waals surface area contributed by atoms with Crippen LogP contribution in [0, 0.1) is 0 Å².